The molecule has 1 heterocycles. The SMILES string of the molecule is CCCC[C@H](O)[C@@H](CC1CC1)C(=O)C1(N)N=C(Cc2ccccc2)c2ccccc2N(C)C1=O. The summed E-state index contributed by atoms with van der Waals surface area (Å²) in [6.07, 6.45) is 4.51. The summed E-state index contributed by atoms with van der Waals surface area (Å²) >= 11 is 0. The van der Waals surface area contributed by atoms with Crippen LogP contribution in [0.3, 0.4) is 0 Å². The molecule has 4 rings (SSSR count). The number of ketones is 1. The third-order valence-electron chi connectivity index (χ3n) is 7.05. The van der Waals surface area contributed by atoms with Crippen molar-refractivity contribution in [1.29, 1.82) is 0 Å². The van der Waals surface area contributed by atoms with Gasteiger partial charge >= 0.3 is 0 Å². The molecule has 0 saturated heterocycles. The van der Waals surface area contributed by atoms with E-state index in [4.69, 9.17) is 10.7 Å². The van der Waals surface area contributed by atoms with Gasteiger partial charge < -0.3 is 10.0 Å². The lowest BCUT2D eigenvalue weighted by atomic mass is 9.82. The summed E-state index contributed by atoms with van der Waals surface area (Å²) in [4.78, 5) is 33.9. The van der Waals surface area contributed by atoms with Gasteiger partial charge in [0.05, 0.1) is 17.5 Å². The van der Waals surface area contributed by atoms with Gasteiger partial charge in [-0.2, -0.15) is 0 Å². The van der Waals surface area contributed by atoms with Crippen LogP contribution in [0.25, 0.3) is 0 Å². The van der Waals surface area contributed by atoms with Crippen molar-refractivity contribution in [3.8, 4) is 0 Å². The van der Waals surface area contributed by atoms with Gasteiger partial charge in [-0.05, 0) is 30.4 Å². The number of fused-ring (bicyclic) bond motifs is 1. The number of hydrogen-bond donors (Lipinski definition) is 2. The molecule has 3 N–H and O–H groups in total. The van der Waals surface area contributed by atoms with E-state index in [0.29, 0.717) is 36.6 Å². The van der Waals surface area contributed by atoms with Crippen molar-refractivity contribution < 1.29 is 14.7 Å². The molecule has 0 bridgehead atoms. The number of aliphatic hydroxyl groups is 1. The number of anilines is 1. The van der Waals surface area contributed by atoms with Crippen LogP contribution < -0.4 is 10.6 Å². The topological polar surface area (TPSA) is 96.0 Å². The second-order valence-electron chi connectivity index (χ2n) is 9.73. The second-order valence-corrected chi connectivity index (χ2v) is 9.73. The molecule has 3 atom stereocenters. The predicted octanol–water partition coefficient (Wildman–Crippen LogP) is 3.89. The van der Waals surface area contributed by atoms with Crippen molar-refractivity contribution in [1.82, 2.24) is 0 Å². The minimum absolute atomic E-state index is 0.400. The van der Waals surface area contributed by atoms with Crippen LogP contribution >= 0.6 is 0 Å². The van der Waals surface area contributed by atoms with E-state index in [1.807, 2.05) is 54.6 Å². The zero-order chi connectivity index (χ0) is 24.3. The van der Waals surface area contributed by atoms with Gasteiger partial charge in [0.15, 0.2) is 5.78 Å². The van der Waals surface area contributed by atoms with E-state index in [1.54, 1.807) is 7.05 Å². The highest BCUT2D eigenvalue weighted by Crippen LogP contribution is 2.39. The molecule has 2 aromatic carbocycles. The number of carbonyl (C=O) groups is 2. The highest BCUT2D eigenvalue weighted by molar-refractivity contribution is 6.22. The van der Waals surface area contributed by atoms with Crippen molar-refractivity contribution in [2.75, 3.05) is 11.9 Å². The van der Waals surface area contributed by atoms with E-state index in [0.717, 1.165) is 36.8 Å². The summed E-state index contributed by atoms with van der Waals surface area (Å²) in [5, 5.41) is 11.0. The van der Waals surface area contributed by atoms with Gasteiger partial charge in [0, 0.05) is 24.9 Å². The summed E-state index contributed by atoms with van der Waals surface area (Å²) in [5.41, 5.74) is 7.68. The number of para-hydroxylation sites is 1. The lowest BCUT2D eigenvalue weighted by molar-refractivity contribution is -0.139. The molecule has 0 aromatic heterocycles. The second kappa shape index (κ2) is 10.2. The van der Waals surface area contributed by atoms with Gasteiger partial charge in [-0.25, -0.2) is 4.99 Å². The summed E-state index contributed by atoms with van der Waals surface area (Å²) < 4.78 is 0. The van der Waals surface area contributed by atoms with Gasteiger partial charge in [0.25, 0.3) is 5.91 Å². The fourth-order valence-electron chi connectivity index (χ4n) is 4.83. The van der Waals surface area contributed by atoms with Crippen LogP contribution in [-0.2, 0) is 16.0 Å². The van der Waals surface area contributed by atoms with Crippen molar-refractivity contribution in [2.45, 2.75) is 63.6 Å². The first-order chi connectivity index (χ1) is 16.3. The van der Waals surface area contributed by atoms with Crippen LogP contribution in [0.15, 0.2) is 59.6 Å². The maximum atomic E-state index is 14.0. The molecule has 1 saturated carbocycles. The van der Waals surface area contributed by atoms with Gasteiger partial charge in [-0.1, -0.05) is 81.1 Å². The molecule has 1 amide bonds. The van der Waals surface area contributed by atoms with Crippen LogP contribution in [-0.4, -0.2) is 41.3 Å². The number of nitrogens with two attached hydrogens (primary N) is 1. The van der Waals surface area contributed by atoms with Crippen LogP contribution in [0.5, 0.6) is 0 Å². The van der Waals surface area contributed by atoms with Crippen molar-refractivity contribution in [2.24, 2.45) is 22.6 Å². The third kappa shape index (κ3) is 4.98. The molecule has 1 unspecified atom stereocenters. The fourth-order valence-corrected chi connectivity index (χ4v) is 4.83. The minimum Gasteiger partial charge on any atom is -0.392 e. The molecular formula is C28H35N3O3. The monoisotopic (exact) mass is 461 g/mol. The lowest BCUT2D eigenvalue weighted by Crippen LogP contribution is -2.61. The molecule has 6 nitrogen and oxygen atoms in total. The number of carbonyl (C=O) groups excluding carboxylic acids is 2. The van der Waals surface area contributed by atoms with E-state index in [1.165, 1.54) is 4.90 Å². The fraction of sp³-hybridized carbons (Fsp3) is 0.464. The number of amides is 1. The number of benzene rings is 2. The average molecular weight is 462 g/mol. The first-order valence-electron chi connectivity index (χ1n) is 12.4. The Bertz CT molecular complexity index is 1060. The number of hydrogen-bond acceptors (Lipinski definition) is 5. The Hall–Kier alpha value is -2.83. The summed E-state index contributed by atoms with van der Waals surface area (Å²) in [7, 11) is 1.64. The molecular weight excluding hydrogens is 426 g/mol. The first kappa shape index (κ1) is 24.3. The van der Waals surface area contributed by atoms with E-state index in [2.05, 4.69) is 6.92 Å². The van der Waals surface area contributed by atoms with Crippen LogP contribution in [0.4, 0.5) is 5.69 Å². The van der Waals surface area contributed by atoms with Gasteiger partial charge in [0.2, 0.25) is 5.66 Å². The predicted molar refractivity (Wildman–Crippen MR) is 135 cm³/mol. The van der Waals surface area contributed by atoms with Gasteiger partial charge in [-0.3, -0.25) is 15.3 Å². The Morgan fingerprint density at radius 1 is 1.18 bits per heavy atom. The van der Waals surface area contributed by atoms with Crippen molar-refractivity contribution in [3.05, 3.63) is 65.7 Å². The first-order valence-corrected chi connectivity index (χ1v) is 12.4. The van der Waals surface area contributed by atoms with Crippen LogP contribution in [0.1, 0.15) is 56.6 Å². The third-order valence-corrected chi connectivity index (χ3v) is 7.05. The maximum absolute atomic E-state index is 14.0. The molecule has 6 heteroatoms. The highest BCUT2D eigenvalue weighted by Gasteiger charge is 2.51. The van der Waals surface area contributed by atoms with Crippen LogP contribution in [0, 0.1) is 11.8 Å². The Morgan fingerprint density at radius 3 is 2.53 bits per heavy atom. The number of unbranched alkanes of at least 4 members (excludes halogenated alkanes) is 1. The smallest absolute Gasteiger partial charge is 0.277 e. The lowest BCUT2D eigenvalue weighted by Gasteiger charge is -2.31. The summed E-state index contributed by atoms with van der Waals surface area (Å²) in [6, 6.07) is 17.3. The standard InChI is InChI=1S/C28H35N3O3/c1-3-4-14-25(32)22(17-20-15-16-20)26(33)28(29)27(34)31(2)24-13-9-8-12-21(24)23(30-28)18-19-10-6-5-7-11-19/h5-13,20,22,25,32H,3-4,14-18,29H2,1-2H3/t22-,25+,28?/m1/s1. The number of Topliss-reactive ketones (excluding diaryl/α,β-unsaturated/α-hetero) is 1. The number of nitrogens with zero attached hydrogens (tertiary/aromatic N) is 2. The number of likely N-dealkylation sites (N-methyl/N-ethyl adjacent to an activating group) is 1. The van der Waals surface area contributed by atoms with Crippen molar-refractivity contribution in [3.63, 3.8) is 0 Å². The molecule has 0 spiro atoms. The molecule has 0 radical (unpaired) electrons. The van der Waals surface area contributed by atoms with E-state index >= 15 is 0 Å². The Morgan fingerprint density at radius 2 is 1.85 bits per heavy atom. The van der Waals surface area contributed by atoms with E-state index < -0.39 is 29.4 Å². The quantitative estimate of drug-likeness (QED) is 0.525. The highest BCUT2D eigenvalue weighted by atomic mass is 16.3. The molecule has 34 heavy (non-hydrogen) atoms. The Labute approximate surface area is 201 Å². The molecule has 180 valence electrons. The Kier molecular flexibility index (Phi) is 7.29. The zero-order valence-electron chi connectivity index (χ0n) is 20.1. The number of aliphatic imine (C=N–C) groups is 1. The zero-order valence-corrected chi connectivity index (χ0v) is 20.1. The van der Waals surface area contributed by atoms with Crippen molar-refractivity contribution >= 4 is 23.1 Å². The molecule has 2 aromatic rings. The van der Waals surface area contributed by atoms with E-state index in [-0.39, 0.29) is 0 Å². The normalized spacial score (nSPS) is 21.9. The summed E-state index contributed by atoms with van der Waals surface area (Å²) in [5.74, 6) is -1.34. The maximum Gasteiger partial charge on any atom is 0.277 e. The molecule has 1 fully saturated rings. The average Bonchev–Trinajstić information content (AvgIpc) is 3.69. The molecule has 1 aliphatic heterocycles. The van der Waals surface area contributed by atoms with Crippen LogP contribution in [0.2, 0.25) is 0 Å². The molecule has 1 aliphatic carbocycles. The number of aliphatic hydroxyl groups excluding tert-OH is 1. The van der Waals surface area contributed by atoms with Gasteiger partial charge in [0.1, 0.15) is 0 Å². The minimum atomic E-state index is -2.08. The summed E-state index contributed by atoms with van der Waals surface area (Å²) in [6.45, 7) is 2.05. The largest absolute Gasteiger partial charge is 0.392 e. The number of benzodiazepines with no additional fused rings is 1. The van der Waals surface area contributed by atoms with E-state index in [9.17, 15) is 14.7 Å². The molecule has 2 aliphatic rings. The number of rotatable bonds is 10. The Balaban J connectivity index is 1.77. The van der Waals surface area contributed by atoms with Gasteiger partial charge in [-0.15, -0.1) is 0 Å².